The van der Waals surface area contributed by atoms with E-state index in [1.165, 1.54) is 0 Å². The number of ether oxygens (including phenoxy) is 1. The Balaban J connectivity index is 1.54. The van der Waals surface area contributed by atoms with Crippen molar-refractivity contribution < 1.29 is 14.3 Å². The van der Waals surface area contributed by atoms with Crippen LogP contribution in [-0.2, 0) is 22.7 Å². The van der Waals surface area contributed by atoms with E-state index in [1.54, 1.807) is 18.1 Å². The standard InChI is InChI=1S/C20H21ClN2O3/c1-26-17-8-6-14(7-9-17)12-23-13-16(10-19(23)24)20(25)22-11-15-4-2-3-5-18(15)21/h2-9,16H,10-13H2,1H3,(H,22,25)/t16-/m0/s1. The van der Waals surface area contributed by atoms with Crippen LogP contribution in [0.1, 0.15) is 17.5 Å². The molecule has 0 unspecified atom stereocenters. The average Bonchev–Trinajstić information content (AvgIpc) is 3.02. The Labute approximate surface area is 157 Å². The maximum absolute atomic E-state index is 12.4. The molecule has 2 aromatic rings. The van der Waals surface area contributed by atoms with Gasteiger partial charge in [0.15, 0.2) is 0 Å². The van der Waals surface area contributed by atoms with Crippen molar-refractivity contribution in [2.75, 3.05) is 13.7 Å². The Kier molecular flexibility index (Phi) is 5.78. The second kappa shape index (κ2) is 8.23. The monoisotopic (exact) mass is 372 g/mol. The van der Waals surface area contributed by atoms with E-state index in [4.69, 9.17) is 16.3 Å². The summed E-state index contributed by atoms with van der Waals surface area (Å²) >= 11 is 6.10. The number of halogens is 1. The van der Waals surface area contributed by atoms with E-state index in [-0.39, 0.29) is 24.2 Å². The molecule has 0 aliphatic carbocycles. The highest BCUT2D eigenvalue weighted by Gasteiger charge is 2.34. The lowest BCUT2D eigenvalue weighted by atomic mass is 10.1. The maximum Gasteiger partial charge on any atom is 0.225 e. The molecule has 6 heteroatoms. The van der Waals surface area contributed by atoms with E-state index in [2.05, 4.69) is 5.32 Å². The number of nitrogens with one attached hydrogen (secondary N) is 1. The second-order valence-electron chi connectivity index (χ2n) is 6.33. The predicted molar refractivity (Wildman–Crippen MR) is 99.8 cm³/mol. The number of hydrogen-bond donors (Lipinski definition) is 1. The molecular formula is C20H21ClN2O3. The molecule has 1 heterocycles. The first-order valence-corrected chi connectivity index (χ1v) is 8.86. The van der Waals surface area contributed by atoms with Gasteiger partial charge in [0.25, 0.3) is 0 Å². The molecule has 1 atom stereocenters. The fourth-order valence-electron chi connectivity index (χ4n) is 3.02. The highest BCUT2D eigenvalue weighted by Crippen LogP contribution is 2.22. The van der Waals surface area contributed by atoms with Crippen LogP contribution in [0, 0.1) is 5.92 Å². The third-order valence-electron chi connectivity index (χ3n) is 4.53. The Hall–Kier alpha value is -2.53. The number of likely N-dealkylation sites (tertiary alicyclic amines) is 1. The van der Waals surface area contributed by atoms with Crippen LogP contribution in [0.25, 0.3) is 0 Å². The number of rotatable bonds is 6. The van der Waals surface area contributed by atoms with E-state index in [9.17, 15) is 9.59 Å². The summed E-state index contributed by atoms with van der Waals surface area (Å²) < 4.78 is 5.14. The topological polar surface area (TPSA) is 58.6 Å². The summed E-state index contributed by atoms with van der Waals surface area (Å²) in [4.78, 5) is 26.4. The van der Waals surface area contributed by atoms with Gasteiger partial charge in [0.1, 0.15) is 5.75 Å². The van der Waals surface area contributed by atoms with Crippen LogP contribution < -0.4 is 10.1 Å². The first kappa shape index (κ1) is 18.3. The fourth-order valence-corrected chi connectivity index (χ4v) is 3.22. The number of carbonyl (C=O) groups is 2. The lowest BCUT2D eigenvalue weighted by molar-refractivity contribution is -0.129. The zero-order valence-electron chi connectivity index (χ0n) is 14.6. The lowest BCUT2D eigenvalue weighted by Gasteiger charge is -2.17. The van der Waals surface area contributed by atoms with Crippen molar-refractivity contribution in [3.63, 3.8) is 0 Å². The number of amides is 2. The van der Waals surface area contributed by atoms with Crippen molar-refractivity contribution in [3.05, 3.63) is 64.7 Å². The molecule has 3 rings (SSSR count). The zero-order chi connectivity index (χ0) is 18.5. The van der Waals surface area contributed by atoms with E-state index in [0.29, 0.717) is 24.7 Å². The minimum absolute atomic E-state index is 0.00119. The van der Waals surface area contributed by atoms with Crippen LogP contribution >= 0.6 is 11.6 Å². The van der Waals surface area contributed by atoms with Gasteiger partial charge in [-0.2, -0.15) is 0 Å². The summed E-state index contributed by atoms with van der Waals surface area (Å²) in [6, 6.07) is 15.0. The normalized spacial score (nSPS) is 16.6. The molecule has 0 spiro atoms. The molecule has 0 radical (unpaired) electrons. The van der Waals surface area contributed by atoms with E-state index >= 15 is 0 Å². The fraction of sp³-hybridized carbons (Fsp3) is 0.300. The third-order valence-corrected chi connectivity index (χ3v) is 4.90. The van der Waals surface area contributed by atoms with Crippen molar-refractivity contribution in [1.29, 1.82) is 0 Å². The molecule has 1 aliphatic rings. The average molecular weight is 373 g/mol. The highest BCUT2D eigenvalue weighted by atomic mass is 35.5. The molecule has 1 N–H and O–H groups in total. The van der Waals surface area contributed by atoms with Crippen molar-refractivity contribution in [2.24, 2.45) is 5.92 Å². The summed E-state index contributed by atoms with van der Waals surface area (Å²) in [6.45, 7) is 1.29. The highest BCUT2D eigenvalue weighted by molar-refractivity contribution is 6.31. The quantitative estimate of drug-likeness (QED) is 0.848. The van der Waals surface area contributed by atoms with E-state index in [0.717, 1.165) is 16.9 Å². The van der Waals surface area contributed by atoms with Gasteiger partial charge in [-0.1, -0.05) is 41.9 Å². The Morgan fingerprint density at radius 1 is 1.23 bits per heavy atom. The van der Waals surface area contributed by atoms with Gasteiger partial charge in [-0.25, -0.2) is 0 Å². The second-order valence-corrected chi connectivity index (χ2v) is 6.74. The minimum atomic E-state index is -0.330. The van der Waals surface area contributed by atoms with Crippen LogP contribution in [0.3, 0.4) is 0 Å². The van der Waals surface area contributed by atoms with Gasteiger partial charge in [-0.15, -0.1) is 0 Å². The molecule has 26 heavy (non-hydrogen) atoms. The number of nitrogens with zero attached hydrogens (tertiary/aromatic N) is 1. The van der Waals surface area contributed by atoms with Gasteiger partial charge < -0.3 is 15.0 Å². The van der Waals surface area contributed by atoms with Gasteiger partial charge in [0.05, 0.1) is 13.0 Å². The molecule has 0 saturated carbocycles. The van der Waals surface area contributed by atoms with Crippen LogP contribution in [-0.4, -0.2) is 30.4 Å². The molecule has 1 fully saturated rings. The van der Waals surface area contributed by atoms with E-state index in [1.807, 2.05) is 42.5 Å². The number of carbonyl (C=O) groups excluding carboxylic acids is 2. The first-order chi connectivity index (χ1) is 12.6. The lowest BCUT2D eigenvalue weighted by Crippen LogP contribution is -2.32. The van der Waals surface area contributed by atoms with Crippen molar-refractivity contribution >= 4 is 23.4 Å². The Bertz CT molecular complexity index is 792. The minimum Gasteiger partial charge on any atom is -0.497 e. The number of methoxy groups -OCH3 is 1. The van der Waals surface area contributed by atoms with Crippen LogP contribution in [0.15, 0.2) is 48.5 Å². The number of hydrogen-bond acceptors (Lipinski definition) is 3. The van der Waals surface area contributed by atoms with Gasteiger partial charge in [0, 0.05) is 31.1 Å². The van der Waals surface area contributed by atoms with Gasteiger partial charge in [-0.3, -0.25) is 9.59 Å². The zero-order valence-corrected chi connectivity index (χ0v) is 15.3. The first-order valence-electron chi connectivity index (χ1n) is 8.48. The molecule has 1 saturated heterocycles. The summed E-state index contributed by atoms with van der Waals surface area (Å²) in [5.74, 6) is 0.329. The van der Waals surface area contributed by atoms with Crippen LogP contribution in [0.5, 0.6) is 5.75 Å². The summed E-state index contributed by atoms with van der Waals surface area (Å²) in [7, 11) is 1.62. The molecule has 0 bridgehead atoms. The Morgan fingerprint density at radius 3 is 2.65 bits per heavy atom. The van der Waals surface area contributed by atoms with Crippen molar-refractivity contribution in [3.8, 4) is 5.75 Å². The smallest absolute Gasteiger partial charge is 0.225 e. The predicted octanol–water partition coefficient (Wildman–Crippen LogP) is 3.01. The summed E-state index contributed by atoms with van der Waals surface area (Å²) in [5, 5.41) is 3.50. The summed E-state index contributed by atoms with van der Waals surface area (Å²) in [6.07, 6.45) is 0.241. The number of benzene rings is 2. The van der Waals surface area contributed by atoms with E-state index < -0.39 is 0 Å². The third kappa shape index (κ3) is 4.35. The molecular weight excluding hydrogens is 352 g/mol. The van der Waals surface area contributed by atoms with Crippen molar-refractivity contribution in [2.45, 2.75) is 19.5 Å². The molecule has 136 valence electrons. The molecule has 1 aliphatic heterocycles. The summed E-state index contributed by atoms with van der Waals surface area (Å²) in [5.41, 5.74) is 1.87. The van der Waals surface area contributed by atoms with Crippen LogP contribution in [0.4, 0.5) is 0 Å². The molecule has 5 nitrogen and oxygen atoms in total. The van der Waals surface area contributed by atoms with Gasteiger partial charge in [-0.05, 0) is 29.3 Å². The van der Waals surface area contributed by atoms with Crippen molar-refractivity contribution in [1.82, 2.24) is 10.2 Å². The molecule has 2 aromatic carbocycles. The maximum atomic E-state index is 12.4. The molecule has 0 aromatic heterocycles. The van der Waals surface area contributed by atoms with Gasteiger partial charge >= 0.3 is 0 Å². The SMILES string of the molecule is COc1ccc(CN2C[C@@H](C(=O)NCc3ccccc3Cl)CC2=O)cc1. The van der Waals surface area contributed by atoms with Gasteiger partial charge in [0.2, 0.25) is 11.8 Å². The molecule has 2 amide bonds. The van der Waals surface area contributed by atoms with Crippen LogP contribution in [0.2, 0.25) is 5.02 Å². The largest absolute Gasteiger partial charge is 0.497 e. The Morgan fingerprint density at radius 2 is 1.96 bits per heavy atom.